The van der Waals surface area contributed by atoms with Crippen LogP contribution in [0.2, 0.25) is 0 Å². The second-order valence-corrected chi connectivity index (χ2v) is 5.78. The number of hydrogen-bond acceptors (Lipinski definition) is 2. The average molecular weight is 324 g/mol. The Kier molecular flexibility index (Phi) is 4.16. The number of pyridine rings is 1. The van der Waals surface area contributed by atoms with Crippen LogP contribution in [0.5, 0.6) is 0 Å². The Morgan fingerprint density at radius 1 is 1.12 bits per heavy atom. The highest BCUT2D eigenvalue weighted by atomic mass is 19.1. The number of rotatable bonds is 3. The van der Waals surface area contributed by atoms with Gasteiger partial charge >= 0.3 is 0 Å². The molecule has 1 aromatic heterocycles. The van der Waals surface area contributed by atoms with E-state index in [1.54, 1.807) is 49.6 Å². The van der Waals surface area contributed by atoms with Gasteiger partial charge in [0.15, 0.2) is 0 Å². The van der Waals surface area contributed by atoms with Crippen molar-refractivity contribution in [1.82, 2.24) is 9.88 Å². The fraction of sp³-hybridized carbons (Fsp3) is 0.158. The Morgan fingerprint density at radius 2 is 1.83 bits per heavy atom. The van der Waals surface area contributed by atoms with Crippen LogP contribution in [-0.2, 0) is 7.05 Å². The predicted octanol–water partition coefficient (Wildman–Crippen LogP) is 3.17. The molecule has 1 atom stereocenters. The van der Waals surface area contributed by atoms with Crippen LogP contribution in [0, 0.1) is 5.82 Å². The zero-order valence-electron chi connectivity index (χ0n) is 13.4. The summed E-state index contributed by atoms with van der Waals surface area (Å²) in [5.74, 6) is -0.553. The number of nitrogens with one attached hydrogen (secondary N) is 1. The molecule has 0 aliphatic carbocycles. The lowest BCUT2D eigenvalue weighted by molar-refractivity contribution is 0.0940. The second kappa shape index (κ2) is 6.28. The molecule has 3 rings (SSSR count). The number of carbonyl (C=O) groups excluding carboxylic acids is 1. The lowest BCUT2D eigenvalue weighted by atomic mass is 10.1. The predicted molar refractivity (Wildman–Crippen MR) is 91.5 cm³/mol. The molecule has 0 radical (unpaired) electrons. The maximum absolute atomic E-state index is 13.0. The fourth-order valence-corrected chi connectivity index (χ4v) is 2.60. The van der Waals surface area contributed by atoms with Crippen molar-refractivity contribution in [1.29, 1.82) is 0 Å². The van der Waals surface area contributed by atoms with Gasteiger partial charge in [0.2, 0.25) is 0 Å². The number of amides is 1. The van der Waals surface area contributed by atoms with Gasteiger partial charge in [-0.25, -0.2) is 4.39 Å². The van der Waals surface area contributed by atoms with Crippen LogP contribution in [0.15, 0.2) is 59.5 Å². The van der Waals surface area contributed by atoms with E-state index in [0.29, 0.717) is 10.9 Å². The van der Waals surface area contributed by atoms with E-state index in [2.05, 4.69) is 5.32 Å². The molecule has 0 saturated carbocycles. The number of aromatic nitrogens is 1. The minimum absolute atomic E-state index is 0.0980. The number of carbonyl (C=O) groups is 1. The highest BCUT2D eigenvalue weighted by Crippen LogP contribution is 2.16. The monoisotopic (exact) mass is 324 g/mol. The van der Waals surface area contributed by atoms with Gasteiger partial charge in [-0.3, -0.25) is 9.59 Å². The van der Waals surface area contributed by atoms with Crippen LogP contribution in [0.3, 0.4) is 0 Å². The smallest absolute Gasteiger partial charge is 0.258 e. The number of halogens is 1. The molecule has 3 aromatic rings. The van der Waals surface area contributed by atoms with Crippen LogP contribution in [0.4, 0.5) is 4.39 Å². The third-order valence-corrected chi connectivity index (χ3v) is 4.06. The van der Waals surface area contributed by atoms with Crippen LogP contribution < -0.4 is 10.9 Å². The van der Waals surface area contributed by atoms with Crippen LogP contribution in [0.1, 0.15) is 28.9 Å². The third-order valence-electron chi connectivity index (χ3n) is 4.06. The molecule has 5 heteroatoms. The quantitative estimate of drug-likeness (QED) is 0.804. The number of benzene rings is 2. The van der Waals surface area contributed by atoms with Gasteiger partial charge in [0.05, 0.1) is 6.04 Å². The molecule has 0 fully saturated rings. The van der Waals surface area contributed by atoms with Crippen molar-refractivity contribution in [3.8, 4) is 0 Å². The minimum Gasteiger partial charge on any atom is -0.346 e. The van der Waals surface area contributed by atoms with Crippen molar-refractivity contribution in [3.63, 3.8) is 0 Å². The van der Waals surface area contributed by atoms with E-state index >= 15 is 0 Å². The van der Waals surface area contributed by atoms with Gasteiger partial charge in [0, 0.05) is 24.2 Å². The Bertz CT molecular complexity index is 961. The van der Waals surface area contributed by atoms with Crippen LogP contribution in [-0.4, -0.2) is 10.5 Å². The van der Waals surface area contributed by atoms with Crippen molar-refractivity contribution in [2.24, 2.45) is 7.05 Å². The van der Waals surface area contributed by atoms with E-state index < -0.39 is 0 Å². The molecule has 0 bridgehead atoms. The molecule has 4 nitrogen and oxygen atoms in total. The molecule has 0 aliphatic rings. The molecule has 2 aromatic carbocycles. The first-order valence-electron chi connectivity index (χ1n) is 7.61. The summed E-state index contributed by atoms with van der Waals surface area (Å²) in [6.45, 7) is 1.84. The number of nitrogens with zero attached hydrogens (tertiary/aromatic N) is 1. The summed E-state index contributed by atoms with van der Waals surface area (Å²) in [6, 6.07) is 12.6. The molecule has 122 valence electrons. The summed E-state index contributed by atoms with van der Waals surface area (Å²) in [5, 5.41) is 4.17. The van der Waals surface area contributed by atoms with Gasteiger partial charge in [0.1, 0.15) is 5.82 Å². The first kappa shape index (κ1) is 15.9. The summed E-state index contributed by atoms with van der Waals surface area (Å²) in [6.07, 6.45) is 1.67. The lowest BCUT2D eigenvalue weighted by Crippen LogP contribution is -2.26. The first-order valence-corrected chi connectivity index (χ1v) is 7.61. The maximum atomic E-state index is 13.0. The highest BCUT2D eigenvalue weighted by Gasteiger charge is 2.12. The van der Waals surface area contributed by atoms with Crippen molar-refractivity contribution in [2.75, 3.05) is 0 Å². The van der Waals surface area contributed by atoms with E-state index in [1.807, 2.05) is 6.92 Å². The number of hydrogen-bond donors (Lipinski definition) is 1. The molecule has 1 N–H and O–H groups in total. The summed E-state index contributed by atoms with van der Waals surface area (Å²) in [7, 11) is 1.69. The summed E-state index contributed by atoms with van der Waals surface area (Å²) >= 11 is 0. The number of aryl methyl sites for hydroxylation is 1. The fourth-order valence-electron chi connectivity index (χ4n) is 2.60. The topological polar surface area (TPSA) is 51.1 Å². The number of fused-ring (bicyclic) bond motifs is 1. The summed E-state index contributed by atoms with van der Waals surface area (Å²) < 4.78 is 14.5. The van der Waals surface area contributed by atoms with Gasteiger partial charge in [0.25, 0.3) is 11.5 Å². The highest BCUT2D eigenvalue weighted by molar-refractivity contribution is 5.98. The molecule has 0 aliphatic heterocycles. The molecule has 1 heterocycles. The largest absolute Gasteiger partial charge is 0.346 e. The first-order chi connectivity index (χ1) is 11.5. The van der Waals surface area contributed by atoms with E-state index in [-0.39, 0.29) is 23.3 Å². The van der Waals surface area contributed by atoms with Gasteiger partial charge in [-0.1, -0.05) is 12.1 Å². The third kappa shape index (κ3) is 3.06. The molecule has 0 saturated heterocycles. The second-order valence-electron chi connectivity index (χ2n) is 5.78. The van der Waals surface area contributed by atoms with E-state index in [4.69, 9.17) is 0 Å². The molecular formula is C19H17FN2O2. The lowest BCUT2D eigenvalue weighted by Gasteiger charge is -2.14. The van der Waals surface area contributed by atoms with Crippen molar-refractivity contribution >= 4 is 16.7 Å². The SMILES string of the molecule is CC(NC(=O)c1ccc2c(=O)n(C)ccc2c1)c1ccc(F)cc1. The summed E-state index contributed by atoms with van der Waals surface area (Å²) in [4.78, 5) is 24.5. The van der Waals surface area contributed by atoms with Gasteiger partial charge in [-0.05, 0) is 54.3 Å². The van der Waals surface area contributed by atoms with Crippen molar-refractivity contribution in [2.45, 2.75) is 13.0 Å². The Morgan fingerprint density at radius 3 is 2.54 bits per heavy atom. The maximum Gasteiger partial charge on any atom is 0.258 e. The van der Waals surface area contributed by atoms with Gasteiger partial charge in [-0.15, -0.1) is 0 Å². The standard InChI is InChI=1S/C19H17FN2O2/c1-12(13-3-6-16(20)7-4-13)21-18(23)15-5-8-17-14(11-15)9-10-22(2)19(17)24/h3-12H,1-2H3,(H,21,23). The molecule has 1 amide bonds. The zero-order chi connectivity index (χ0) is 17.3. The van der Waals surface area contributed by atoms with Crippen molar-refractivity contribution < 1.29 is 9.18 Å². The zero-order valence-corrected chi connectivity index (χ0v) is 13.4. The normalized spacial score (nSPS) is 12.1. The molecule has 1 unspecified atom stereocenters. The Hall–Kier alpha value is -2.95. The average Bonchev–Trinajstić information content (AvgIpc) is 2.58. The summed E-state index contributed by atoms with van der Waals surface area (Å²) in [5.41, 5.74) is 1.20. The van der Waals surface area contributed by atoms with Crippen molar-refractivity contribution in [3.05, 3.63) is 82.0 Å². The van der Waals surface area contributed by atoms with Gasteiger partial charge in [-0.2, -0.15) is 0 Å². The molecule has 24 heavy (non-hydrogen) atoms. The molecular weight excluding hydrogens is 307 g/mol. The Labute approximate surface area is 138 Å². The van der Waals surface area contributed by atoms with E-state index in [9.17, 15) is 14.0 Å². The minimum atomic E-state index is -0.312. The van der Waals surface area contributed by atoms with E-state index in [0.717, 1.165) is 10.9 Å². The van der Waals surface area contributed by atoms with Crippen LogP contribution in [0.25, 0.3) is 10.8 Å². The molecule has 0 spiro atoms. The van der Waals surface area contributed by atoms with Gasteiger partial charge < -0.3 is 9.88 Å². The van der Waals surface area contributed by atoms with E-state index in [1.165, 1.54) is 16.7 Å². The Balaban J connectivity index is 1.84. The van der Waals surface area contributed by atoms with Crippen LogP contribution >= 0.6 is 0 Å².